The van der Waals surface area contributed by atoms with Gasteiger partial charge in [-0.15, -0.1) is 0 Å². The lowest BCUT2D eigenvalue weighted by molar-refractivity contribution is -0.670. The first-order valence-electron chi connectivity index (χ1n) is 5.06. The van der Waals surface area contributed by atoms with Gasteiger partial charge in [-0.25, -0.2) is 9.36 Å². The molecule has 3 heteroatoms. The second kappa shape index (κ2) is 4.57. The second-order valence-corrected chi connectivity index (χ2v) is 3.57. The summed E-state index contributed by atoms with van der Waals surface area (Å²) in [7, 11) is 1.88. The van der Waals surface area contributed by atoms with E-state index in [1.165, 1.54) is 0 Å². The molecule has 2 aromatic rings. The van der Waals surface area contributed by atoms with Crippen LogP contribution in [0.2, 0.25) is 0 Å². The number of hydrogen-bond donors (Lipinski definition) is 0. The van der Waals surface area contributed by atoms with E-state index in [9.17, 15) is 4.79 Å². The van der Waals surface area contributed by atoms with Crippen molar-refractivity contribution in [3.05, 3.63) is 60.7 Å². The first-order chi connectivity index (χ1) is 7.75. The van der Waals surface area contributed by atoms with Crippen molar-refractivity contribution in [2.24, 2.45) is 7.05 Å². The number of carbonyl (C=O) groups excluding carboxylic acids is 1. The van der Waals surface area contributed by atoms with Crippen LogP contribution >= 0.6 is 0 Å². The molecular weight excluding hydrogens is 200 g/mol. The highest BCUT2D eigenvalue weighted by Crippen LogP contribution is 2.01. The lowest BCUT2D eigenvalue weighted by atomic mass is 10.2. The predicted molar refractivity (Wildman–Crippen MR) is 61.7 cm³/mol. The van der Waals surface area contributed by atoms with Crippen LogP contribution < -0.4 is 4.57 Å². The van der Waals surface area contributed by atoms with Crippen molar-refractivity contribution in [2.45, 2.75) is 0 Å². The summed E-state index contributed by atoms with van der Waals surface area (Å²) in [5.74, 6) is -0.0514. The van der Waals surface area contributed by atoms with Crippen LogP contribution in [0.4, 0.5) is 0 Å². The average Bonchev–Trinajstić information content (AvgIpc) is 2.74. The molecule has 3 nitrogen and oxygen atoms in total. The van der Waals surface area contributed by atoms with Crippen LogP contribution in [0.25, 0.3) is 6.08 Å². The number of rotatable bonds is 2. The quantitative estimate of drug-likeness (QED) is 0.550. The highest BCUT2D eigenvalue weighted by Gasteiger charge is 2.06. The maximum atomic E-state index is 11.7. The molecule has 0 spiro atoms. The fourth-order valence-electron chi connectivity index (χ4n) is 1.40. The molecule has 0 radical (unpaired) electrons. The molecule has 1 aromatic carbocycles. The van der Waals surface area contributed by atoms with Gasteiger partial charge >= 0.3 is 5.91 Å². The normalized spacial score (nSPS) is 10.8. The maximum absolute atomic E-state index is 11.7. The summed E-state index contributed by atoms with van der Waals surface area (Å²) < 4.78 is 3.37. The summed E-state index contributed by atoms with van der Waals surface area (Å²) in [6, 6.07) is 9.75. The number of imidazole rings is 1. The molecule has 0 fully saturated rings. The lowest BCUT2D eigenvalue weighted by Crippen LogP contribution is -2.24. The first-order valence-corrected chi connectivity index (χ1v) is 5.06. The Morgan fingerprint density at radius 2 is 2.06 bits per heavy atom. The summed E-state index contributed by atoms with van der Waals surface area (Å²) in [6.45, 7) is 0. The SMILES string of the molecule is C[n+]1ccn(C(=O)C=Cc2ccccc2)c1. The maximum Gasteiger partial charge on any atom is 0.338 e. The molecule has 0 atom stereocenters. The van der Waals surface area contributed by atoms with E-state index in [4.69, 9.17) is 0 Å². The molecule has 80 valence electrons. The minimum atomic E-state index is -0.0514. The van der Waals surface area contributed by atoms with Crippen molar-refractivity contribution in [1.82, 2.24) is 4.57 Å². The summed E-state index contributed by atoms with van der Waals surface area (Å²) in [5.41, 5.74) is 1.02. The van der Waals surface area contributed by atoms with E-state index in [0.29, 0.717) is 0 Å². The molecular formula is C13H13N2O+. The van der Waals surface area contributed by atoms with Gasteiger partial charge in [-0.1, -0.05) is 30.3 Å². The molecule has 1 heterocycles. The monoisotopic (exact) mass is 213 g/mol. The Morgan fingerprint density at radius 1 is 1.31 bits per heavy atom. The molecule has 0 amide bonds. The van der Waals surface area contributed by atoms with Crippen LogP contribution in [-0.2, 0) is 7.05 Å². The third kappa shape index (κ3) is 2.45. The highest BCUT2D eigenvalue weighted by molar-refractivity contribution is 5.93. The van der Waals surface area contributed by atoms with Crippen LogP contribution in [0.3, 0.4) is 0 Å². The van der Waals surface area contributed by atoms with Gasteiger partial charge in [0.25, 0.3) is 6.33 Å². The van der Waals surface area contributed by atoms with Crippen molar-refractivity contribution in [3.63, 3.8) is 0 Å². The van der Waals surface area contributed by atoms with Crippen LogP contribution in [-0.4, -0.2) is 10.5 Å². The molecule has 0 aliphatic carbocycles. The number of allylic oxidation sites excluding steroid dienone is 1. The summed E-state index contributed by atoms with van der Waals surface area (Å²) in [4.78, 5) is 11.7. The van der Waals surface area contributed by atoms with E-state index in [1.54, 1.807) is 23.2 Å². The molecule has 0 bridgehead atoms. The van der Waals surface area contributed by atoms with Crippen LogP contribution in [0, 0.1) is 0 Å². The van der Waals surface area contributed by atoms with Gasteiger partial charge in [-0.05, 0) is 11.6 Å². The summed E-state index contributed by atoms with van der Waals surface area (Å²) in [5, 5.41) is 0. The van der Waals surface area contributed by atoms with E-state index >= 15 is 0 Å². The standard InChI is InChI=1S/C13H13N2O/c1-14-9-10-15(11-14)13(16)8-7-12-5-3-2-4-6-12/h2-11H,1H3/q+1. The zero-order chi connectivity index (χ0) is 11.4. The topological polar surface area (TPSA) is 25.9 Å². The van der Waals surface area contributed by atoms with Crippen molar-refractivity contribution in [1.29, 1.82) is 0 Å². The Bertz CT molecular complexity index is 512. The Labute approximate surface area is 94.3 Å². The van der Waals surface area contributed by atoms with Crippen molar-refractivity contribution in [3.8, 4) is 0 Å². The molecule has 0 saturated carbocycles. The fraction of sp³-hybridized carbons (Fsp3) is 0.0769. The molecule has 0 unspecified atom stereocenters. The number of aryl methyl sites for hydroxylation is 1. The average molecular weight is 213 g/mol. The first kappa shape index (κ1) is 10.4. The molecule has 16 heavy (non-hydrogen) atoms. The minimum absolute atomic E-state index is 0.0514. The second-order valence-electron chi connectivity index (χ2n) is 3.57. The van der Waals surface area contributed by atoms with Gasteiger partial charge in [0.05, 0.1) is 7.05 Å². The Morgan fingerprint density at radius 3 is 2.69 bits per heavy atom. The van der Waals surface area contributed by atoms with Gasteiger partial charge < -0.3 is 0 Å². The van der Waals surface area contributed by atoms with E-state index in [2.05, 4.69) is 0 Å². The number of hydrogen-bond acceptors (Lipinski definition) is 1. The van der Waals surface area contributed by atoms with Crippen molar-refractivity contribution in [2.75, 3.05) is 0 Å². The molecule has 1 aromatic heterocycles. The minimum Gasteiger partial charge on any atom is -0.241 e. The van der Waals surface area contributed by atoms with Gasteiger partial charge in [-0.3, -0.25) is 0 Å². The predicted octanol–water partition coefficient (Wildman–Crippen LogP) is 1.67. The summed E-state index contributed by atoms with van der Waals surface area (Å²) in [6.07, 6.45) is 8.67. The van der Waals surface area contributed by atoms with Gasteiger partial charge in [0.2, 0.25) is 0 Å². The molecule has 0 N–H and O–H groups in total. The molecule has 0 saturated heterocycles. The van der Waals surface area contributed by atoms with Crippen molar-refractivity contribution >= 4 is 12.0 Å². The van der Waals surface area contributed by atoms with Gasteiger partial charge in [0, 0.05) is 6.08 Å². The Balaban J connectivity index is 2.11. The highest BCUT2D eigenvalue weighted by atomic mass is 16.1. The van der Waals surface area contributed by atoms with E-state index in [0.717, 1.165) is 5.56 Å². The smallest absolute Gasteiger partial charge is 0.241 e. The van der Waals surface area contributed by atoms with Crippen LogP contribution in [0.15, 0.2) is 55.1 Å². The lowest BCUT2D eigenvalue weighted by Gasteiger charge is -1.90. The zero-order valence-corrected chi connectivity index (χ0v) is 9.08. The van der Waals surface area contributed by atoms with E-state index in [1.807, 2.05) is 54.2 Å². The van der Waals surface area contributed by atoms with Crippen LogP contribution in [0.5, 0.6) is 0 Å². The van der Waals surface area contributed by atoms with Crippen molar-refractivity contribution < 1.29 is 9.36 Å². The number of carbonyl (C=O) groups is 1. The van der Waals surface area contributed by atoms with E-state index in [-0.39, 0.29) is 5.91 Å². The van der Waals surface area contributed by atoms with Gasteiger partial charge in [0.1, 0.15) is 12.4 Å². The van der Waals surface area contributed by atoms with E-state index < -0.39 is 0 Å². The third-order valence-electron chi connectivity index (χ3n) is 2.24. The van der Waals surface area contributed by atoms with Crippen LogP contribution in [0.1, 0.15) is 10.4 Å². The number of nitrogens with zero attached hydrogens (tertiary/aromatic N) is 2. The number of benzene rings is 1. The fourth-order valence-corrected chi connectivity index (χ4v) is 1.40. The molecule has 2 rings (SSSR count). The van der Waals surface area contributed by atoms with Gasteiger partial charge in [0.15, 0.2) is 0 Å². The Kier molecular flexibility index (Phi) is 2.96. The van der Waals surface area contributed by atoms with Gasteiger partial charge in [-0.2, -0.15) is 4.57 Å². The molecule has 0 aliphatic rings. The Hall–Kier alpha value is -2.16. The molecule has 0 aliphatic heterocycles. The summed E-state index contributed by atoms with van der Waals surface area (Å²) >= 11 is 0. The third-order valence-corrected chi connectivity index (χ3v) is 2.24. The zero-order valence-electron chi connectivity index (χ0n) is 9.08. The number of aromatic nitrogens is 2. The largest absolute Gasteiger partial charge is 0.338 e.